The lowest BCUT2D eigenvalue weighted by Gasteiger charge is -2.27. The molecule has 1 amide bonds. The van der Waals surface area contributed by atoms with Crippen LogP contribution in [0.3, 0.4) is 0 Å². The first-order valence-electron chi connectivity index (χ1n) is 6.56. The molecule has 0 aromatic heterocycles. The van der Waals surface area contributed by atoms with Crippen LogP contribution < -0.4 is 15.4 Å². The number of benzene rings is 1. The molecule has 2 N–H and O–H groups in total. The van der Waals surface area contributed by atoms with E-state index in [-0.39, 0.29) is 5.91 Å². The fourth-order valence-electron chi connectivity index (χ4n) is 2.24. The third kappa shape index (κ3) is 2.20. The van der Waals surface area contributed by atoms with Gasteiger partial charge in [-0.3, -0.25) is 4.79 Å². The van der Waals surface area contributed by atoms with Crippen molar-refractivity contribution in [3.05, 3.63) is 23.8 Å². The molecule has 96 valence electrons. The van der Waals surface area contributed by atoms with Crippen LogP contribution in [0.1, 0.15) is 31.7 Å². The molecule has 1 aromatic carbocycles. The zero-order valence-electron chi connectivity index (χ0n) is 10.5. The minimum atomic E-state index is -0.406. The predicted octanol–water partition coefficient (Wildman–Crippen LogP) is 2.05. The molecule has 1 atom stereocenters. The van der Waals surface area contributed by atoms with Crippen LogP contribution in [0.2, 0.25) is 0 Å². The van der Waals surface area contributed by atoms with Gasteiger partial charge in [0.2, 0.25) is 0 Å². The molecule has 2 aliphatic rings. The molecule has 1 fully saturated rings. The quantitative estimate of drug-likeness (QED) is 0.858. The van der Waals surface area contributed by atoms with Crippen molar-refractivity contribution in [2.24, 2.45) is 0 Å². The van der Waals surface area contributed by atoms with Crippen molar-refractivity contribution in [1.82, 2.24) is 5.32 Å². The molecule has 0 radical (unpaired) electrons. The summed E-state index contributed by atoms with van der Waals surface area (Å²) in [7, 11) is 0. The van der Waals surface area contributed by atoms with Gasteiger partial charge in [-0.1, -0.05) is 12.5 Å². The van der Waals surface area contributed by atoms with Crippen LogP contribution in [-0.4, -0.2) is 18.1 Å². The van der Waals surface area contributed by atoms with Gasteiger partial charge in [-0.05, 0) is 37.5 Å². The molecule has 1 saturated carbocycles. The zero-order chi connectivity index (χ0) is 12.5. The highest BCUT2D eigenvalue weighted by atomic mass is 16.5. The maximum Gasteiger partial charge on any atom is 0.265 e. The highest BCUT2D eigenvalue weighted by molar-refractivity contribution is 5.97. The Hall–Kier alpha value is -1.55. The van der Waals surface area contributed by atoms with Gasteiger partial charge in [0, 0.05) is 12.6 Å². The fraction of sp³-hybridized carbons (Fsp3) is 0.500. The molecule has 1 aliphatic carbocycles. The number of carbonyl (C=O) groups is 1. The first-order valence-corrected chi connectivity index (χ1v) is 6.56. The molecule has 1 aromatic rings. The molecule has 1 heterocycles. The van der Waals surface area contributed by atoms with E-state index < -0.39 is 6.10 Å². The third-order valence-corrected chi connectivity index (χ3v) is 3.67. The second-order valence-corrected chi connectivity index (χ2v) is 5.09. The lowest BCUT2D eigenvalue weighted by atomic mass is 9.93. The summed E-state index contributed by atoms with van der Waals surface area (Å²) in [6.07, 6.45) is 3.49. The van der Waals surface area contributed by atoms with E-state index in [9.17, 15) is 4.79 Å². The van der Waals surface area contributed by atoms with E-state index in [0.717, 1.165) is 18.0 Å². The Morgan fingerprint density at radius 3 is 3.00 bits per heavy atom. The second-order valence-electron chi connectivity index (χ2n) is 5.09. The number of amides is 1. The Kier molecular flexibility index (Phi) is 2.96. The maximum absolute atomic E-state index is 11.5. The zero-order valence-corrected chi connectivity index (χ0v) is 10.5. The summed E-state index contributed by atoms with van der Waals surface area (Å²) in [5.41, 5.74) is 1.96. The number of carbonyl (C=O) groups excluding carboxylic acids is 1. The van der Waals surface area contributed by atoms with Crippen molar-refractivity contribution in [2.75, 3.05) is 5.32 Å². The van der Waals surface area contributed by atoms with Gasteiger partial charge in [0.15, 0.2) is 6.10 Å². The van der Waals surface area contributed by atoms with E-state index in [1.54, 1.807) is 6.92 Å². The van der Waals surface area contributed by atoms with Gasteiger partial charge in [-0.15, -0.1) is 0 Å². The normalized spacial score (nSPS) is 22.7. The largest absolute Gasteiger partial charge is 0.479 e. The van der Waals surface area contributed by atoms with Crippen molar-refractivity contribution in [1.29, 1.82) is 0 Å². The van der Waals surface area contributed by atoms with Crippen LogP contribution in [0.15, 0.2) is 18.2 Å². The lowest BCUT2D eigenvalue weighted by molar-refractivity contribution is -0.122. The maximum atomic E-state index is 11.5. The first-order chi connectivity index (χ1) is 8.72. The van der Waals surface area contributed by atoms with Gasteiger partial charge in [-0.25, -0.2) is 0 Å². The summed E-state index contributed by atoms with van der Waals surface area (Å²) in [4.78, 5) is 11.5. The smallest absolute Gasteiger partial charge is 0.265 e. The lowest BCUT2D eigenvalue weighted by Crippen LogP contribution is -2.35. The topological polar surface area (TPSA) is 50.4 Å². The number of rotatable bonds is 3. The van der Waals surface area contributed by atoms with Crippen LogP contribution in [0, 0.1) is 0 Å². The van der Waals surface area contributed by atoms with Gasteiger partial charge in [-0.2, -0.15) is 0 Å². The highest BCUT2D eigenvalue weighted by Gasteiger charge is 2.23. The Labute approximate surface area is 107 Å². The van der Waals surface area contributed by atoms with Crippen molar-refractivity contribution in [2.45, 2.75) is 44.9 Å². The number of fused-ring (bicyclic) bond motifs is 1. The summed E-state index contributed by atoms with van der Waals surface area (Å²) in [6.45, 7) is 2.60. The van der Waals surface area contributed by atoms with Crippen LogP contribution in [0.25, 0.3) is 0 Å². The van der Waals surface area contributed by atoms with E-state index in [1.807, 2.05) is 12.1 Å². The summed E-state index contributed by atoms with van der Waals surface area (Å²) in [6, 6.07) is 6.65. The SMILES string of the molecule is CC1Oc2ccc(CNC3CCC3)cc2NC1=O. The minimum Gasteiger partial charge on any atom is -0.479 e. The number of hydrogen-bond acceptors (Lipinski definition) is 3. The monoisotopic (exact) mass is 246 g/mol. The van der Waals surface area contributed by atoms with Crippen molar-refractivity contribution >= 4 is 11.6 Å². The average Bonchev–Trinajstić information content (AvgIpc) is 2.29. The van der Waals surface area contributed by atoms with Gasteiger partial charge >= 0.3 is 0 Å². The van der Waals surface area contributed by atoms with Crippen LogP contribution in [0.4, 0.5) is 5.69 Å². The Morgan fingerprint density at radius 1 is 1.44 bits per heavy atom. The first kappa shape index (κ1) is 11.5. The Bertz CT molecular complexity index is 469. The molecular formula is C14H18N2O2. The second kappa shape index (κ2) is 4.61. The number of hydrogen-bond donors (Lipinski definition) is 2. The average molecular weight is 246 g/mol. The van der Waals surface area contributed by atoms with E-state index in [4.69, 9.17) is 4.74 Å². The molecular weight excluding hydrogens is 228 g/mol. The van der Waals surface area contributed by atoms with Gasteiger partial charge in [0.05, 0.1) is 5.69 Å². The Balaban J connectivity index is 1.70. The number of nitrogens with one attached hydrogen (secondary N) is 2. The summed E-state index contributed by atoms with van der Waals surface area (Å²) >= 11 is 0. The van der Waals surface area contributed by atoms with E-state index in [0.29, 0.717) is 6.04 Å². The van der Waals surface area contributed by atoms with Crippen LogP contribution in [0.5, 0.6) is 5.75 Å². The molecule has 18 heavy (non-hydrogen) atoms. The third-order valence-electron chi connectivity index (χ3n) is 3.67. The van der Waals surface area contributed by atoms with Crippen molar-refractivity contribution in [3.63, 3.8) is 0 Å². The van der Waals surface area contributed by atoms with Crippen molar-refractivity contribution in [3.8, 4) is 5.75 Å². The molecule has 4 nitrogen and oxygen atoms in total. The van der Waals surface area contributed by atoms with E-state index >= 15 is 0 Å². The molecule has 0 bridgehead atoms. The van der Waals surface area contributed by atoms with Crippen LogP contribution in [-0.2, 0) is 11.3 Å². The molecule has 1 aliphatic heterocycles. The standard InChI is InChI=1S/C14H18N2O2/c1-9-14(17)16-12-7-10(5-6-13(12)18-9)8-15-11-3-2-4-11/h5-7,9,11,15H,2-4,8H2,1H3,(H,16,17). The summed E-state index contributed by atoms with van der Waals surface area (Å²) in [5.74, 6) is 0.682. The highest BCUT2D eigenvalue weighted by Crippen LogP contribution is 2.30. The molecule has 0 saturated heterocycles. The summed E-state index contributed by atoms with van der Waals surface area (Å²) in [5, 5.41) is 6.38. The van der Waals surface area contributed by atoms with E-state index in [1.165, 1.54) is 24.8 Å². The molecule has 4 heteroatoms. The molecule has 0 spiro atoms. The molecule has 3 rings (SSSR count). The minimum absolute atomic E-state index is 0.0772. The number of ether oxygens (including phenoxy) is 1. The van der Waals surface area contributed by atoms with Crippen molar-refractivity contribution < 1.29 is 9.53 Å². The molecule has 1 unspecified atom stereocenters. The van der Waals surface area contributed by atoms with E-state index in [2.05, 4.69) is 16.7 Å². The van der Waals surface area contributed by atoms with Gasteiger partial charge in [0.1, 0.15) is 5.75 Å². The van der Waals surface area contributed by atoms with Gasteiger partial charge < -0.3 is 15.4 Å². The Morgan fingerprint density at radius 2 is 2.28 bits per heavy atom. The van der Waals surface area contributed by atoms with Crippen LogP contribution >= 0.6 is 0 Å². The summed E-state index contributed by atoms with van der Waals surface area (Å²) < 4.78 is 5.52. The predicted molar refractivity (Wildman–Crippen MR) is 69.6 cm³/mol. The number of anilines is 1. The van der Waals surface area contributed by atoms with Gasteiger partial charge in [0.25, 0.3) is 5.91 Å². The fourth-order valence-corrected chi connectivity index (χ4v) is 2.24.